The van der Waals surface area contributed by atoms with Crippen LogP contribution in [0.3, 0.4) is 0 Å². The summed E-state index contributed by atoms with van der Waals surface area (Å²) in [6, 6.07) is 2.75. The van der Waals surface area contributed by atoms with E-state index < -0.39 is 0 Å². The Balaban J connectivity index is 1.62. The molecule has 3 heteroatoms. The highest BCUT2D eigenvalue weighted by Gasteiger charge is 2.56. The molecule has 0 spiro atoms. The molecule has 4 bridgehead atoms. The van der Waals surface area contributed by atoms with E-state index in [0.717, 1.165) is 50.0 Å². The molecule has 1 unspecified atom stereocenters. The van der Waals surface area contributed by atoms with Crippen molar-refractivity contribution < 1.29 is 4.74 Å². The van der Waals surface area contributed by atoms with Crippen molar-refractivity contribution in [2.75, 3.05) is 26.3 Å². The molecule has 1 atom stereocenters. The number of nitrogens with zero attached hydrogens (tertiary/aromatic N) is 2. The van der Waals surface area contributed by atoms with Crippen molar-refractivity contribution in [3.8, 4) is 6.07 Å². The lowest BCUT2D eigenvalue weighted by molar-refractivity contribution is -0.107. The van der Waals surface area contributed by atoms with Crippen LogP contribution in [0.4, 0.5) is 0 Å². The number of hydrogen-bond donors (Lipinski definition) is 0. The molecule has 4 saturated carbocycles. The third-order valence-corrected chi connectivity index (χ3v) is 6.77. The van der Waals surface area contributed by atoms with E-state index in [2.05, 4.69) is 17.9 Å². The third-order valence-electron chi connectivity index (χ3n) is 6.77. The zero-order valence-corrected chi connectivity index (χ0v) is 12.6. The number of hydrogen-bond acceptors (Lipinski definition) is 3. The predicted molar refractivity (Wildman–Crippen MR) is 76.9 cm³/mol. The fraction of sp³-hybridized carbons (Fsp3) is 0.941. The van der Waals surface area contributed by atoms with Gasteiger partial charge in [0.2, 0.25) is 0 Å². The van der Waals surface area contributed by atoms with Crippen LogP contribution in [0, 0.1) is 40.9 Å². The molecule has 5 rings (SSSR count). The first-order chi connectivity index (χ1) is 9.70. The topological polar surface area (TPSA) is 36.3 Å². The summed E-state index contributed by atoms with van der Waals surface area (Å²) in [5, 5.41) is 9.99. The Bertz CT molecular complexity index is 395. The molecule has 1 saturated heterocycles. The summed E-state index contributed by atoms with van der Waals surface area (Å²) >= 11 is 0. The monoisotopic (exact) mass is 274 g/mol. The van der Waals surface area contributed by atoms with Crippen LogP contribution in [0.25, 0.3) is 0 Å². The van der Waals surface area contributed by atoms with Gasteiger partial charge in [-0.15, -0.1) is 0 Å². The van der Waals surface area contributed by atoms with Crippen molar-refractivity contribution in [1.82, 2.24) is 4.90 Å². The summed E-state index contributed by atoms with van der Waals surface area (Å²) < 4.78 is 5.49. The van der Waals surface area contributed by atoms with E-state index in [-0.39, 0.29) is 5.54 Å². The van der Waals surface area contributed by atoms with Crippen LogP contribution < -0.4 is 0 Å². The standard InChI is InChI=1S/C17H26N2O/c1-17(11-18,19-2-4-20-5-3-19)16-14-7-12-6-13(9-14)10-15(16)8-12/h12-16H,2-10H2,1H3. The Labute approximate surface area is 122 Å². The summed E-state index contributed by atoms with van der Waals surface area (Å²) in [5.41, 5.74) is -0.258. The van der Waals surface area contributed by atoms with Gasteiger partial charge in [0.25, 0.3) is 0 Å². The molecule has 1 aliphatic heterocycles. The lowest BCUT2D eigenvalue weighted by Gasteiger charge is -2.59. The van der Waals surface area contributed by atoms with Gasteiger partial charge in [0.05, 0.1) is 19.3 Å². The Morgan fingerprint density at radius 2 is 1.55 bits per heavy atom. The van der Waals surface area contributed by atoms with E-state index in [0.29, 0.717) is 5.92 Å². The molecule has 1 heterocycles. The van der Waals surface area contributed by atoms with Gasteiger partial charge in [-0.25, -0.2) is 0 Å². The van der Waals surface area contributed by atoms with Crippen LogP contribution in [-0.4, -0.2) is 36.7 Å². The maximum absolute atomic E-state index is 9.99. The van der Waals surface area contributed by atoms with Crippen LogP contribution in [0.15, 0.2) is 0 Å². The second kappa shape index (κ2) is 4.71. The zero-order chi connectivity index (χ0) is 13.7. The van der Waals surface area contributed by atoms with Gasteiger partial charge in [-0.1, -0.05) is 0 Å². The fourth-order valence-corrected chi connectivity index (χ4v) is 6.23. The van der Waals surface area contributed by atoms with E-state index >= 15 is 0 Å². The van der Waals surface area contributed by atoms with E-state index in [1.54, 1.807) is 0 Å². The lowest BCUT2D eigenvalue weighted by Crippen LogP contribution is -2.62. The molecule has 0 aromatic rings. The molecule has 0 aromatic carbocycles. The van der Waals surface area contributed by atoms with Gasteiger partial charge in [0.15, 0.2) is 0 Å². The van der Waals surface area contributed by atoms with Crippen LogP contribution in [0.1, 0.15) is 39.0 Å². The van der Waals surface area contributed by atoms with E-state index in [1.807, 2.05) is 0 Å². The molecule has 4 aliphatic carbocycles. The molecule has 3 nitrogen and oxygen atoms in total. The second-order valence-corrected chi connectivity index (χ2v) is 7.82. The van der Waals surface area contributed by atoms with Crippen LogP contribution >= 0.6 is 0 Å². The van der Waals surface area contributed by atoms with Crippen molar-refractivity contribution in [1.29, 1.82) is 5.26 Å². The van der Waals surface area contributed by atoms with E-state index in [9.17, 15) is 5.26 Å². The number of ether oxygens (including phenoxy) is 1. The first-order valence-corrected chi connectivity index (χ1v) is 8.44. The van der Waals surface area contributed by atoms with Crippen molar-refractivity contribution >= 4 is 0 Å². The second-order valence-electron chi connectivity index (χ2n) is 7.82. The molecule has 110 valence electrons. The highest BCUT2D eigenvalue weighted by atomic mass is 16.5. The molecule has 5 aliphatic rings. The molecule has 0 amide bonds. The van der Waals surface area contributed by atoms with E-state index in [1.165, 1.54) is 32.1 Å². The van der Waals surface area contributed by atoms with Crippen molar-refractivity contribution in [3.63, 3.8) is 0 Å². The molecular weight excluding hydrogens is 248 g/mol. The summed E-state index contributed by atoms with van der Waals surface area (Å²) in [7, 11) is 0. The van der Waals surface area contributed by atoms with Gasteiger partial charge in [-0.2, -0.15) is 5.26 Å². The quantitative estimate of drug-likeness (QED) is 0.777. The zero-order valence-electron chi connectivity index (χ0n) is 12.6. The molecule has 20 heavy (non-hydrogen) atoms. The van der Waals surface area contributed by atoms with Crippen molar-refractivity contribution in [2.24, 2.45) is 29.6 Å². The Morgan fingerprint density at radius 3 is 2.05 bits per heavy atom. The normalized spacial score (nSPS) is 46.9. The highest BCUT2D eigenvalue weighted by molar-refractivity contribution is 5.16. The van der Waals surface area contributed by atoms with Gasteiger partial charge >= 0.3 is 0 Å². The van der Waals surface area contributed by atoms with Crippen LogP contribution in [-0.2, 0) is 4.74 Å². The summed E-state index contributed by atoms with van der Waals surface area (Å²) in [6.45, 7) is 5.69. The lowest BCUT2D eigenvalue weighted by atomic mass is 9.48. The Morgan fingerprint density at radius 1 is 1.00 bits per heavy atom. The minimum Gasteiger partial charge on any atom is -0.379 e. The van der Waals surface area contributed by atoms with Gasteiger partial charge in [0.1, 0.15) is 5.54 Å². The molecular formula is C17H26N2O. The van der Waals surface area contributed by atoms with Gasteiger partial charge in [-0.3, -0.25) is 4.90 Å². The molecule has 0 N–H and O–H groups in total. The Kier molecular flexibility index (Phi) is 3.09. The van der Waals surface area contributed by atoms with Crippen LogP contribution in [0.2, 0.25) is 0 Å². The fourth-order valence-electron chi connectivity index (χ4n) is 6.23. The summed E-state index contributed by atoms with van der Waals surface area (Å²) in [5.74, 6) is 4.22. The smallest absolute Gasteiger partial charge is 0.109 e. The average molecular weight is 274 g/mol. The molecule has 0 aromatic heterocycles. The van der Waals surface area contributed by atoms with Crippen LogP contribution in [0.5, 0.6) is 0 Å². The minimum atomic E-state index is -0.258. The first kappa shape index (κ1) is 13.1. The molecule has 5 fully saturated rings. The minimum absolute atomic E-state index is 0.258. The third kappa shape index (κ3) is 1.84. The number of rotatable bonds is 2. The Hall–Kier alpha value is -0.590. The van der Waals surface area contributed by atoms with Crippen molar-refractivity contribution in [2.45, 2.75) is 44.6 Å². The maximum atomic E-state index is 9.99. The van der Waals surface area contributed by atoms with Gasteiger partial charge in [0, 0.05) is 13.1 Å². The molecule has 0 radical (unpaired) electrons. The van der Waals surface area contributed by atoms with Crippen molar-refractivity contribution in [3.05, 3.63) is 0 Å². The van der Waals surface area contributed by atoms with Gasteiger partial charge in [-0.05, 0) is 68.6 Å². The first-order valence-electron chi connectivity index (χ1n) is 8.44. The summed E-state index contributed by atoms with van der Waals surface area (Å²) in [6.07, 6.45) is 7.09. The maximum Gasteiger partial charge on any atom is 0.109 e. The highest BCUT2D eigenvalue weighted by Crippen LogP contribution is 2.59. The van der Waals surface area contributed by atoms with Gasteiger partial charge < -0.3 is 4.74 Å². The summed E-state index contributed by atoms with van der Waals surface area (Å²) in [4.78, 5) is 2.43. The number of nitriles is 1. The largest absolute Gasteiger partial charge is 0.379 e. The average Bonchev–Trinajstić information content (AvgIpc) is 2.46. The predicted octanol–water partition coefficient (Wildman–Crippen LogP) is 2.67. The van der Waals surface area contributed by atoms with E-state index in [4.69, 9.17) is 4.74 Å². The number of morpholine rings is 1. The SMILES string of the molecule is CC(C#N)(C1C2CC3CC(C2)CC1C3)N1CCOCC1.